The van der Waals surface area contributed by atoms with Crippen LogP contribution in [-0.4, -0.2) is 42.6 Å². The van der Waals surface area contributed by atoms with Crippen molar-refractivity contribution in [1.29, 1.82) is 0 Å². The molecule has 0 saturated heterocycles. The zero-order valence-corrected chi connectivity index (χ0v) is 12.0. The molecule has 0 radical (unpaired) electrons. The van der Waals surface area contributed by atoms with Crippen LogP contribution in [0.4, 0.5) is 0 Å². The van der Waals surface area contributed by atoms with E-state index in [9.17, 15) is 9.59 Å². The van der Waals surface area contributed by atoms with E-state index in [-0.39, 0.29) is 24.3 Å². The topological polar surface area (TPSA) is 94.8 Å². The molecule has 1 heterocycles. The van der Waals surface area contributed by atoms with Gasteiger partial charge in [0.15, 0.2) is 5.76 Å². The Kier molecular flexibility index (Phi) is 6.20. The molecule has 0 unspecified atom stereocenters. The normalized spacial score (nSPS) is 12.2. The molecule has 112 valence electrons. The maximum absolute atomic E-state index is 11.8. The van der Waals surface area contributed by atoms with Gasteiger partial charge in [-0.15, -0.1) is 0 Å². The largest absolute Gasteiger partial charge is 0.454 e. The van der Waals surface area contributed by atoms with Crippen LogP contribution in [0, 0.1) is 0 Å². The van der Waals surface area contributed by atoms with Gasteiger partial charge in [-0.2, -0.15) is 0 Å². The number of carbonyl (C=O) groups excluding carboxylic acids is 2. The molecule has 1 atom stereocenters. The van der Waals surface area contributed by atoms with Gasteiger partial charge in [0.1, 0.15) is 5.76 Å². The number of hydroxylamine groups is 1. The lowest BCUT2D eigenvalue weighted by molar-refractivity contribution is -0.122. The Morgan fingerprint density at radius 2 is 2.10 bits per heavy atom. The molecule has 0 aromatic carbocycles. The number of nitrogens with one attached hydrogen (secondary N) is 2. The Morgan fingerprint density at radius 3 is 2.65 bits per heavy atom. The quantitative estimate of drug-likeness (QED) is 0.511. The summed E-state index contributed by atoms with van der Waals surface area (Å²) in [6.07, 6.45) is 1.56. The van der Waals surface area contributed by atoms with E-state index in [4.69, 9.17) is 9.62 Å². The van der Waals surface area contributed by atoms with Gasteiger partial charge in [0.2, 0.25) is 5.91 Å². The molecule has 0 fully saturated rings. The molecule has 0 saturated carbocycles. The fourth-order valence-corrected chi connectivity index (χ4v) is 1.82. The smallest absolute Gasteiger partial charge is 0.310 e. The van der Waals surface area contributed by atoms with E-state index in [1.54, 1.807) is 11.0 Å². The van der Waals surface area contributed by atoms with Gasteiger partial charge in [0.25, 0.3) is 0 Å². The first kappa shape index (κ1) is 16.2. The molecule has 1 aromatic rings. The fraction of sp³-hybridized carbons (Fsp3) is 0.538. The number of nitrogens with zero attached hydrogens (tertiary/aromatic N) is 1. The SMILES string of the molecule is CCC[C@H](NC(=O)CN(C)C)c1ccc(C(=O)NO)o1. The highest BCUT2D eigenvalue weighted by Crippen LogP contribution is 2.21. The van der Waals surface area contributed by atoms with E-state index >= 15 is 0 Å². The highest BCUT2D eigenvalue weighted by molar-refractivity contribution is 5.90. The summed E-state index contributed by atoms with van der Waals surface area (Å²) in [5.74, 6) is -0.327. The van der Waals surface area contributed by atoms with Gasteiger partial charge in [-0.25, -0.2) is 5.48 Å². The summed E-state index contributed by atoms with van der Waals surface area (Å²) in [7, 11) is 3.62. The van der Waals surface area contributed by atoms with Crippen LogP contribution in [0.5, 0.6) is 0 Å². The number of carbonyl (C=O) groups is 2. The highest BCUT2D eigenvalue weighted by atomic mass is 16.5. The van der Waals surface area contributed by atoms with Gasteiger partial charge in [0, 0.05) is 0 Å². The van der Waals surface area contributed by atoms with Crippen LogP contribution in [0.2, 0.25) is 0 Å². The van der Waals surface area contributed by atoms with Gasteiger partial charge in [-0.1, -0.05) is 13.3 Å². The molecule has 0 spiro atoms. The summed E-state index contributed by atoms with van der Waals surface area (Å²) in [5.41, 5.74) is 1.51. The first-order valence-electron chi connectivity index (χ1n) is 6.46. The van der Waals surface area contributed by atoms with Crippen molar-refractivity contribution in [2.24, 2.45) is 0 Å². The minimum atomic E-state index is -0.717. The summed E-state index contributed by atoms with van der Waals surface area (Å²) < 4.78 is 5.36. The summed E-state index contributed by atoms with van der Waals surface area (Å²) in [4.78, 5) is 24.8. The number of furan rings is 1. The molecule has 20 heavy (non-hydrogen) atoms. The highest BCUT2D eigenvalue weighted by Gasteiger charge is 2.19. The van der Waals surface area contributed by atoms with Gasteiger partial charge in [-0.05, 0) is 32.6 Å². The second-order valence-electron chi connectivity index (χ2n) is 4.79. The lowest BCUT2D eigenvalue weighted by Gasteiger charge is -2.17. The standard InChI is InChI=1S/C13H21N3O4/c1-4-5-9(14-12(17)8-16(2)3)10-6-7-11(20-10)13(18)15-19/h6-7,9,19H,4-5,8H2,1-3H3,(H,14,17)(H,15,18)/t9-/m0/s1. The number of rotatable bonds is 7. The minimum absolute atomic E-state index is 0.00506. The van der Waals surface area contributed by atoms with Crippen molar-refractivity contribution < 1.29 is 19.2 Å². The van der Waals surface area contributed by atoms with E-state index < -0.39 is 5.91 Å². The molecule has 0 aliphatic rings. The van der Waals surface area contributed by atoms with E-state index in [0.717, 1.165) is 6.42 Å². The third kappa shape index (κ3) is 4.67. The van der Waals surface area contributed by atoms with Gasteiger partial charge in [-0.3, -0.25) is 14.8 Å². The number of hydrogen-bond acceptors (Lipinski definition) is 5. The maximum Gasteiger partial charge on any atom is 0.310 e. The predicted octanol–water partition coefficient (Wildman–Crippen LogP) is 0.918. The lowest BCUT2D eigenvalue weighted by atomic mass is 10.1. The van der Waals surface area contributed by atoms with Crippen LogP contribution in [0.25, 0.3) is 0 Å². The van der Waals surface area contributed by atoms with Crippen molar-refractivity contribution in [1.82, 2.24) is 15.7 Å². The average Bonchev–Trinajstić information content (AvgIpc) is 2.85. The predicted molar refractivity (Wildman–Crippen MR) is 72.3 cm³/mol. The van der Waals surface area contributed by atoms with Crippen LogP contribution in [0.1, 0.15) is 42.1 Å². The lowest BCUT2D eigenvalue weighted by Crippen LogP contribution is -2.35. The number of hydrogen-bond donors (Lipinski definition) is 3. The Balaban J connectivity index is 2.77. The molecule has 0 aliphatic carbocycles. The molecule has 1 aromatic heterocycles. The van der Waals surface area contributed by atoms with Crippen LogP contribution in [-0.2, 0) is 4.79 Å². The van der Waals surface area contributed by atoms with Gasteiger partial charge in [0.05, 0.1) is 12.6 Å². The Labute approximate surface area is 117 Å². The summed E-state index contributed by atoms with van der Waals surface area (Å²) in [6, 6.07) is 2.80. The zero-order chi connectivity index (χ0) is 15.1. The second kappa shape index (κ2) is 7.66. The van der Waals surface area contributed by atoms with E-state index in [1.807, 2.05) is 21.0 Å². The number of amides is 2. The molecular weight excluding hydrogens is 262 g/mol. The van der Waals surface area contributed by atoms with Crippen molar-refractivity contribution in [3.63, 3.8) is 0 Å². The summed E-state index contributed by atoms with van der Waals surface area (Å²) in [6.45, 7) is 2.28. The van der Waals surface area contributed by atoms with Crippen LogP contribution in [0.3, 0.4) is 0 Å². The summed E-state index contributed by atoms with van der Waals surface area (Å²) >= 11 is 0. The van der Waals surface area contributed by atoms with Crippen molar-refractivity contribution in [3.8, 4) is 0 Å². The average molecular weight is 283 g/mol. The van der Waals surface area contributed by atoms with Crippen LogP contribution in [0.15, 0.2) is 16.5 Å². The third-order valence-corrected chi connectivity index (χ3v) is 2.67. The first-order chi connectivity index (χ1) is 9.47. The molecule has 0 bridgehead atoms. The van der Waals surface area contributed by atoms with Crippen LogP contribution < -0.4 is 10.8 Å². The van der Waals surface area contributed by atoms with Crippen LogP contribution >= 0.6 is 0 Å². The Hall–Kier alpha value is -1.86. The Morgan fingerprint density at radius 1 is 1.40 bits per heavy atom. The molecule has 1 rings (SSSR count). The summed E-state index contributed by atoms with van der Waals surface area (Å²) in [5, 5.41) is 11.4. The maximum atomic E-state index is 11.8. The van der Waals surface area contributed by atoms with Gasteiger partial charge < -0.3 is 14.6 Å². The molecule has 7 nitrogen and oxygen atoms in total. The second-order valence-corrected chi connectivity index (χ2v) is 4.79. The van der Waals surface area contributed by atoms with Crippen molar-refractivity contribution in [2.45, 2.75) is 25.8 Å². The fourth-order valence-electron chi connectivity index (χ4n) is 1.82. The third-order valence-electron chi connectivity index (χ3n) is 2.67. The van der Waals surface area contributed by atoms with E-state index in [1.165, 1.54) is 11.5 Å². The molecule has 0 aliphatic heterocycles. The van der Waals surface area contributed by atoms with E-state index in [0.29, 0.717) is 12.2 Å². The van der Waals surface area contributed by atoms with Crippen molar-refractivity contribution in [3.05, 3.63) is 23.7 Å². The minimum Gasteiger partial charge on any atom is -0.454 e. The monoisotopic (exact) mass is 283 g/mol. The molecular formula is C13H21N3O4. The zero-order valence-electron chi connectivity index (χ0n) is 12.0. The Bertz CT molecular complexity index is 456. The van der Waals surface area contributed by atoms with Crippen molar-refractivity contribution >= 4 is 11.8 Å². The van der Waals surface area contributed by atoms with E-state index in [2.05, 4.69) is 5.32 Å². The van der Waals surface area contributed by atoms with Gasteiger partial charge >= 0.3 is 5.91 Å². The first-order valence-corrected chi connectivity index (χ1v) is 6.46. The molecule has 7 heteroatoms. The van der Waals surface area contributed by atoms with Crippen molar-refractivity contribution in [2.75, 3.05) is 20.6 Å². The molecule has 2 amide bonds. The number of likely N-dealkylation sites (N-methyl/N-ethyl adjacent to an activating group) is 1. The molecule has 3 N–H and O–H groups in total.